The molecule has 1 aromatic carbocycles. The third-order valence-corrected chi connectivity index (χ3v) is 6.86. The van der Waals surface area contributed by atoms with E-state index in [9.17, 15) is 4.79 Å². The number of pyridine rings is 1. The van der Waals surface area contributed by atoms with Gasteiger partial charge in [-0.25, -0.2) is 9.97 Å². The van der Waals surface area contributed by atoms with E-state index in [-0.39, 0.29) is 11.5 Å². The van der Waals surface area contributed by atoms with E-state index in [4.69, 9.17) is 26.1 Å². The Bertz CT molecular complexity index is 1480. The van der Waals surface area contributed by atoms with E-state index in [1.807, 2.05) is 29.7 Å². The highest BCUT2D eigenvalue weighted by Gasteiger charge is 2.41. The maximum Gasteiger partial charge on any atom is 0.261 e. The zero-order valence-corrected chi connectivity index (χ0v) is 20.7. The van der Waals surface area contributed by atoms with Crippen LogP contribution in [0.1, 0.15) is 37.4 Å². The molecule has 0 radical (unpaired) electrons. The summed E-state index contributed by atoms with van der Waals surface area (Å²) in [7, 11) is 0. The smallest absolute Gasteiger partial charge is 0.261 e. The third-order valence-electron chi connectivity index (χ3n) is 6.55. The van der Waals surface area contributed by atoms with Crippen LogP contribution in [0.25, 0.3) is 22.6 Å². The average molecular weight is 505 g/mol. The van der Waals surface area contributed by atoms with E-state index in [2.05, 4.69) is 27.2 Å². The van der Waals surface area contributed by atoms with E-state index in [1.165, 1.54) is 6.33 Å². The number of aromatic nitrogens is 5. The Hall–Kier alpha value is -3.72. The summed E-state index contributed by atoms with van der Waals surface area (Å²) in [6.07, 6.45) is 5.36. The summed E-state index contributed by atoms with van der Waals surface area (Å²) in [5.74, 6) is 1.49. The SMILES string of the molecule is Cc1ccnc(Cn2c(-c3ccc(O[C@@H]4CCNC4=O)cc3Cl)nc3c(OC4(C)CC4)ncnc32)c1. The first kappa shape index (κ1) is 22.7. The molecule has 1 aliphatic carbocycles. The Morgan fingerprint density at radius 2 is 2.06 bits per heavy atom. The van der Waals surface area contributed by atoms with Gasteiger partial charge in [-0.2, -0.15) is 4.98 Å². The molecule has 9 nitrogen and oxygen atoms in total. The van der Waals surface area contributed by atoms with Crippen molar-refractivity contribution in [3.8, 4) is 23.0 Å². The van der Waals surface area contributed by atoms with Crippen LogP contribution < -0.4 is 14.8 Å². The number of nitrogens with one attached hydrogen (secondary N) is 1. The molecule has 1 amide bonds. The Morgan fingerprint density at radius 1 is 1.19 bits per heavy atom. The largest absolute Gasteiger partial charge is 0.480 e. The molecule has 0 unspecified atom stereocenters. The first-order valence-electron chi connectivity index (χ1n) is 11.9. The lowest BCUT2D eigenvalue weighted by Crippen LogP contribution is -2.27. The maximum atomic E-state index is 11.9. The minimum Gasteiger partial charge on any atom is -0.480 e. The summed E-state index contributed by atoms with van der Waals surface area (Å²) >= 11 is 6.75. The van der Waals surface area contributed by atoms with Gasteiger partial charge in [0.25, 0.3) is 5.91 Å². The zero-order chi connectivity index (χ0) is 24.9. The second-order valence-electron chi connectivity index (χ2n) is 9.58. The fourth-order valence-corrected chi connectivity index (χ4v) is 4.56. The highest BCUT2D eigenvalue weighted by atomic mass is 35.5. The van der Waals surface area contributed by atoms with Crippen LogP contribution in [0.15, 0.2) is 42.9 Å². The third kappa shape index (κ3) is 4.35. The Balaban J connectivity index is 1.43. The average Bonchev–Trinajstić information content (AvgIpc) is 3.26. The van der Waals surface area contributed by atoms with E-state index < -0.39 is 6.10 Å². The number of hydrogen-bond donors (Lipinski definition) is 1. The first-order valence-corrected chi connectivity index (χ1v) is 12.3. The Labute approximate surface area is 212 Å². The molecule has 4 aromatic rings. The van der Waals surface area contributed by atoms with Gasteiger partial charge in [-0.15, -0.1) is 0 Å². The quantitative estimate of drug-likeness (QED) is 0.404. The molecule has 36 heavy (non-hydrogen) atoms. The van der Waals surface area contributed by atoms with Crippen molar-refractivity contribution in [2.24, 2.45) is 0 Å². The number of hydrogen-bond acceptors (Lipinski definition) is 7. The van der Waals surface area contributed by atoms with E-state index in [0.717, 1.165) is 24.1 Å². The molecule has 10 heteroatoms. The maximum absolute atomic E-state index is 11.9. The topological polar surface area (TPSA) is 104 Å². The number of rotatable bonds is 7. The van der Waals surface area contributed by atoms with Crippen LogP contribution in [0, 0.1) is 6.92 Å². The van der Waals surface area contributed by atoms with E-state index >= 15 is 0 Å². The molecule has 0 spiro atoms. The van der Waals surface area contributed by atoms with Crippen LogP contribution in [0.5, 0.6) is 11.6 Å². The van der Waals surface area contributed by atoms with Gasteiger partial charge in [0, 0.05) is 24.7 Å². The number of amides is 1. The fraction of sp³-hybridized carbons (Fsp3) is 0.346. The molecule has 6 rings (SSSR count). The fourth-order valence-electron chi connectivity index (χ4n) is 4.30. The number of benzene rings is 1. The van der Waals surface area contributed by atoms with Gasteiger partial charge in [-0.1, -0.05) is 11.6 Å². The molecular formula is C26H25ClN6O3. The van der Waals surface area contributed by atoms with Crippen molar-refractivity contribution >= 4 is 28.7 Å². The Kier molecular flexibility index (Phi) is 5.52. The molecule has 1 N–H and O–H groups in total. The number of fused-ring (bicyclic) bond motifs is 1. The monoisotopic (exact) mass is 504 g/mol. The standard InChI is InChI=1S/C26H25ClN6O3/c1-15-5-9-28-16(11-15)13-33-22(32-21-23(33)30-14-31-25(21)36-26(2)7-8-26)18-4-3-17(12-19(18)27)35-20-6-10-29-24(20)34/h3-5,9,11-12,14,20H,6-8,10,13H2,1-2H3,(H,29,34)/t20-/m1/s1. The van der Waals surface area contributed by atoms with Crippen molar-refractivity contribution < 1.29 is 14.3 Å². The number of aryl methyl sites for hydroxylation is 1. The molecule has 2 aliphatic rings. The highest BCUT2D eigenvalue weighted by molar-refractivity contribution is 6.33. The predicted molar refractivity (Wildman–Crippen MR) is 134 cm³/mol. The normalized spacial score (nSPS) is 18.3. The van der Waals surface area contributed by atoms with Gasteiger partial charge in [0.15, 0.2) is 17.3 Å². The number of nitrogens with zero attached hydrogens (tertiary/aromatic N) is 5. The summed E-state index contributed by atoms with van der Waals surface area (Å²) in [5.41, 5.74) is 3.69. The van der Waals surface area contributed by atoms with E-state index in [1.54, 1.807) is 18.3 Å². The lowest BCUT2D eigenvalue weighted by molar-refractivity contribution is -0.124. The molecule has 1 saturated carbocycles. The summed E-state index contributed by atoms with van der Waals surface area (Å²) in [4.78, 5) is 30.3. The number of carbonyl (C=O) groups excluding carboxylic acids is 1. The zero-order valence-electron chi connectivity index (χ0n) is 20.0. The van der Waals surface area contributed by atoms with Gasteiger partial charge in [0.05, 0.1) is 17.3 Å². The second-order valence-corrected chi connectivity index (χ2v) is 9.98. The van der Waals surface area contributed by atoms with Crippen LogP contribution in [0.3, 0.4) is 0 Å². The molecule has 4 heterocycles. The first-order chi connectivity index (χ1) is 17.4. The molecule has 1 aliphatic heterocycles. The van der Waals surface area contributed by atoms with Crippen molar-refractivity contribution in [2.75, 3.05) is 6.54 Å². The summed E-state index contributed by atoms with van der Waals surface area (Å²) in [6.45, 7) is 5.15. The van der Waals surface area contributed by atoms with Gasteiger partial charge in [0.1, 0.15) is 23.5 Å². The van der Waals surface area contributed by atoms with Crippen molar-refractivity contribution in [1.82, 2.24) is 29.8 Å². The molecule has 0 bridgehead atoms. The van der Waals surface area contributed by atoms with Gasteiger partial charge in [-0.05, 0) is 62.6 Å². The van der Waals surface area contributed by atoms with Gasteiger partial charge >= 0.3 is 0 Å². The Morgan fingerprint density at radius 3 is 2.78 bits per heavy atom. The van der Waals surface area contributed by atoms with Crippen molar-refractivity contribution in [2.45, 2.75) is 51.4 Å². The molecule has 1 saturated heterocycles. The van der Waals surface area contributed by atoms with E-state index in [0.29, 0.717) is 58.7 Å². The van der Waals surface area contributed by atoms with Crippen LogP contribution in [-0.4, -0.2) is 48.7 Å². The van der Waals surface area contributed by atoms with Crippen molar-refractivity contribution in [3.05, 3.63) is 59.1 Å². The summed E-state index contributed by atoms with van der Waals surface area (Å²) in [6, 6.07) is 9.36. The van der Waals surface area contributed by atoms with Gasteiger partial charge in [-0.3, -0.25) is 9.78 Å². The molecular weight excluding hydrogens is 480 g/mol. The van der Waals surface area contributed by atoms with Crippen LogP contribution in [0.4, 0.5) is 0 Å². The molecule has 184 valence electrons. The number of carbonyl (C=O) groups is 1. The van der Waals surface area contributed by atoms with Gasteiger partial charge < -0.3 is 19.4 Å². The van der Waals surface area contributed by atoms with Crippen LogP contribution >= 0.6 is 11.6 Å². The second kappa shape index (κ2) is 8.74. The molecule has 3 aromatic heterocycles. The molecule has 2 fully saturated rings. The number of imidazole rings is 1. The number of halogens is 1. The van der Waals surface area contributed by atoms with Crippen molar-refractivity contribution in [3.63, 3.8) is 0 Å². The minimum absolute atomic E-state index is 0.113. The van der Waals surface area contributed by atoms with Gasteiger partial charge in [0.2, 0.25) is 5.88 Å². The van der Waals surface area contributed by atoms with Crippen LogP contribution in [-0.2, 0) is 11.3 Å². The summed E-state index contributed by atoms with van der Waals surface area (Å²) in [5, 5.41) is 3.22. The lowest BCUT2D eigenvalue weighted by Gasteiger charge is -2.14. The number of ether oxygens (including phenoxy) is 2. The minimum atomic E-state index is -0.511. The molecule has 1 atom stereocenters. The summed E-state index contributed by atoms with van der Waals surface area (Å²) < 4.78 is 14.0. The highest BCUT2D eigenvalue weighted by Crippen LogP contribution is 2.41. The lowest BCUT2D eigenvalue weighted by atomic mass is 10.2. The van der Waals surface area contributed by atoms with Crippen LogP contribution in [0.2, 0.25) is 5.02 Å². The predicted octanol–water partition coefficient (Wildman–Crippen LogP) is 4.10. The van der Waals surface area contributed by atoms with Crippen molar-refractivity contribution in [1.29, 1.82) is 0 Å².